The smallest absolute Gasteiger partial charge is 0.151 e. The van der Waals surface area contributed by atoms with Crippen molar-refractivity contribution < 1.29 is 13.5 Å². The van der Waals surface area contributed by atoms with Crippen LogP contribution >= 0.6 is 0 Å². The lowest BCUT2D eigenvalue weighted by Gasteiger charge is -2.27. The molecule has 0 aromatic carbocycles. The van der Waals surface area contributed by atoms with Crippen molar-refractivity contribution in [3.63, 3.8) is 0 Å². The average Bonchev–Trinajstić information content (AvgIpc) is 2.56. The Labute approximate surface area is 97.3 Å². The zero-order chi connectivity index (χ0) is 11.6. The summed E-state index contributed by atoms with van der Waals surface area (Å²) >= 11 is 0. The highest BCUT2D eigenvalue weighted by atomic mass is 32.2. The maximum Gasteiger partial charge on any atom is 0.151 e. The molecule has 2 fully saturated rings. The summed E-state index contributed by atoms with van der Waals surface area (Å²) in [5.74, 6) is 1.15. The van der Waals surface area contributed by atoms with E-state index in [1.165, 1.54) is 0 Å². The van der Waals surface area contributed by atoms with Gasteiger partial charge < -0.3 is 10.4 Å². The molecule has 0 spiro atoms. The molecule has 1 heterocycles. The highest BCUT2D eigenvalue weighted by Crippen LogP contribution is 2.24. The van der Waals surface area contributed by atoms with Crippen molar-refractivity contribution in [3.05, 3.63) is 0 Å². The summed E-state index contributed by atoms with van der Waals surface area (Å²) in [5, 5.41) is 12.9. The van der Waals surface area contributed by atoms with Gasteiger partial charge in [0.1, 0.15) is 0 Å². The zero-order valence-corrected chi connectivity index (χ0v) is 10.4. The van der Waals surface area contributed by atoms with Crippen molar-refractivity contribution >= 4 is 9.84 Å². The normalized spacial score (nSPS) is 38.7. The van der Waals surface area contributed by atoms with Crippen LogP contribution in [0.1, 0.15) is 32.1 Å². The van der Waals surface area contributed by atoms with Gasteiger partial charge in [-0.15, -0.1) is 0 Å². The van der Waals surface area contributed by atoms with Gasteiger partial charge in [0.15, 0.2) is 9.84 Å². The van der Waals surface area contributed by atoms with E-state index in [2.05, 4.69) is 5.32 Å². The third-order valence-electron chi connectivity index (χ3n) is 3.68. The van der Waals surface area contributed by atoms with Crippen LogP contribution in [0.5, 0.6) is 0 Å². The molecule has 94 valence electrons. The van der Waals surface area contributed by atoms with Crippen LogP contribution < -0.4 is 5.32 Å². The number of aliphatic hydroxyl groups is 1. The van der Waals surface area contributed by atoms with Crippen LogP contribution in [0.2, 0.25) is 0 Å². The van der Waals surface area contributed by atoms with Crippen LogP contribution in [0.15, 0.2) is 0 Å². The molecule has 3 unspecified atom stereocenters. The first-order valence-corrected chi connectivity index (χ1v) is 7.99. The minimum Gasteiger partial charge on any atom is -0.393 e. The Hall–Kier alpha value is -0.130. The first-order valence-electron chi connectivity index (χ1n) is 6.17. The predicted molar refractivity (Wildman–Crippen MR) is 63.0 cm³/mol. The molecule has 1 aliphatic carbocycles. The standard InChI is InChI=1S/C11H21NO3S/c13-11-3-1-2-9(6-11)7-12-10-4-5-16(14,15)8-10/h9-13H,1-8H2. The molecule has 0 aromatic heterocycles. The van der Waals surface area contributed by atoms with E-state index in [-0.39, 0.29) is 12.1 Å². The Morgan fingerprint density at radius 3 is 2.69 bits per heavy atom. The van der Waals surface area contributed by atoms with Gasteiger partial charge in [0, 0.05) is 6.04 Å². The van der Waals surface area contributed by atoms with Gasteiger partial charge in [-0.2, -0.15) is 0 Å². The molecule has 2 N–H and O–H groups in total. The lowest BCUT2D eigenvalue weighted by atomic mass is 9.87. The maximum atomic E-state index is 11.3. The summed E-state index contributed by atoms with van der Waals surface area (Å²) in [4.78, 5) is 0. The SMILES string of the molecule is O=S1(=O)CCC(NCC2CCCC(O)C2)C1. The molecule has 1 saturated carbocycles. The first-order chi connectivity index (χ1) is 7.55. The Balaban J connectivity index is 1.71. The van der Waals surface area contributed by atoms with E-state index in [4.69, 9.17) is 0 Å². The second-order valence-corrected chi connectivity index (χ2v) is 7.42. The number of hydrogen-bond acceptors (Lipinski definition) is 4. The topological polar surface area (TPSA) is 66.4 Å². The van der Waals surface area contributed by atoms with E-state index in [9.17, 15) is 13.5 Å². The largest absolute Gasteiger partial charge is 0.393 e. The van der Waals surface area contributed by atoms with E-state index in [1.807, 2.05) is 0 Å². The number of aliphatic hydroxyl groups excluding tert-OH is 1. The number of hydrogen-bond donors (Lipinski definition) is 2. The van der Waals surface area contributed by atoms with Gasteiger partial charge in [-0.1, -0.05) is 6.42 Å². The summed E-state index contributed by atoms with van der Waals surface area (Å²) in [6.07, 6.45) is 4.64. The van der Waals surface area contributed by atoms with Gasteiger partial charge in [-0.25, -0.2) is 8.42 Å². The second kappa shape index (κ2) is 5.02. The minimum absolute atomic E-state index is 0.143. The molecule has 2 rings (SSSR count). The van der Waals surface area contributed by atoms with E-state index < -0.39 is 9.84 Å². The molecule has 0 radical (unpaired) electrons. The molecule has 0 bridgehead atoms. The second-order valence-electron chi connectivity index (χ2n) is 5.19. The average molecular weight is 247 g/mol. The summed E-state index contributed by atoms with van der Waals surface area (Å²) in [5.41, 5.74) is 0. The van der Waals surface area contributed by atoms with Crippen molar-refractivity contribution in [2.75, 3.05) is 18.1 Å². The monoisotopic (exact) mass is 247 g/mol. The van der Waals surface area contributed by atoms with Crippen LogP contribution in [-0.4, -0.2) is 43.7 Å². The molecule has 16 heavy (non-hydrogen) atoms. The Bertz CT molecular complexity index is 328. The quantitative estimate of drug-likeness (QED) is 0.753. The predicted octanol–water partition coefficient (Wildman–Crippen LogP) is 0.314. The summed E-state index contributed by atoms with van der Waals surface area (Å²) < 4.78 is 22.5. The van der Waals surface area contributed by atoms with Crippen LogP contribution in [0, 0.1) is 5.92 Å². The Kier molecular flexibility index (Phi) is 3.87. The van der Waals surface area contributed by atoms with Crippen molar-refractivity contribution in [2.24, 2.45) is 5.92 Å². The fourth-order valence-electron chi connectivity index (χ4n) is 2.74. The number of nitrogens with one attached hydrogen (secondary N) is 1. The van der Waals surface area contributed by atoms with Crippen LogP contribution in [-0.2, 0) is 9.84 Å². The van der Waals surface area contributed by atoms with Gasteiger partial charge in [-0.3, -0.25) is 0 Å². The molecule has 1 saturated heterocycles. The van der Waals surface area contributed by atoms with E-state index >= 15 is 0 Å². The van der Waals surface area contributed by atoms with Crippen molar-refractivity contribution in [1.29, 1.82) is 0 Å². The van der Waals surface area contributed by atoms with E-state index in [1.54, 1.807) is 0 Å². The lowest BCUT2D eigenvalue weighted by molar-refractivity contribution is 0.0999. The summed E-state index contributed by atoms with van der Waals surface area (Å²) in [6.45, 7) is 0.858. The Morgan fingerprint density at radius 2 is 2.06 bits per heavy atom. The third-order valence-corrected chi connectivity index (χ3v) is 5.45. The van der Waals surface area contributed by atoms with Crippen LogP contribution in [0.4, 0.5) is 0 Å². The molecular weight excluding hydrogens is 226 g/mol. The van der Waals surface area contributed by atoms with E-state index in [0.717, 1.165) is 38.6 Å². The van der Waals surface area contributed by atoms with Gasteiger partial charge in [0.05, 0.1) is 17.6 Å². The molecular formula is C11H21NO3S. The van der Waals surface area contributed by atoms with Crippen molar-refractivity contribution in [1.82, 2.24) is 5.32 Å². The molecule has 3 atom stereocenters. The molecule has 5 heteroatoms. The van der Waals surface area contributed by atoms with Crippen molar-refractivity contribution in [3.8, 4) is 0 Å². The first kappa shape index (κ1) is 12.3. The van der Waals surface area contributed by atoms with Crippen LogP contribution in [0.25, 0.3) is 0 Å². The zero-order valence-electron chi connectivity index (χ0n) is 9.56. The van der Waals surface area contributed by atoms with E-state index in [0.29, 0.717) is 17.4 Å². The summed E-state index contributed by atoms with van der Waals surface area (Å²) in [7, 11) is -2.77. The van der Waals surface area contributed by atoms with Crippen molar-refractivity contribution in [2.45, 2.75) is 44.2 Å². The molecule has 0 aromatic rings. The Morgan fingerprint density at radius 1 is 1.25 bits per heavy atom. The lowest BCUT2D eigenvalue weighted by Crippen LogP contribution is -2.36. The number of rotatable bonds is 3. The molecule has 2 aliphatic rings. The maximum absolute atomic E-state index is 11.3. The van der Waals surface area contributed by atoms with Gasteiger partial charge in [0.2, 0.25) is 0 Å². The van der Waals surface area contributed by atoms with Crippen LogP contribution in [0.3, 0.4) is 0 Å². The molecule has 4 nitrogen and oxygen atoms in total. The number of sulfone groups is 1. The molecule has 1 aliphatic heterocycles. The third kappa shape index (κ3) is 3.43. The van der Waals surface area contributed by atoms with Gasteiger partial charge in [0.25, 0.3) is 0 Å². The fourth-order valence-corrected chi connectivity index (χ4v) is 4.45. The van der Waals surface area contributed by atoms with Gasteiger partial charge in [-0.05, 0) is 38.1 Å². The highest BCUT2D eigenvalue weighted by Gasteiger charge is 2.28. The fraction of sp³-hybridized carbons (Fsp3) is 1.00. The molecule has 0 amide bonds. The van der Waals surface area contributed by atoms with Gasteiger partial charge >= 0.3 is 0 Å². The minimum atomic E-state index is -2.77. The summed E-state index contributed by atoms with van der Waals surface area (Å²) in [6, 6.07) is 0.143. The highest BCUT2D eigenvalue weighted by molar-refractivity contribution is 7.91.